The number of rotatable bonds is 7. The first-order chi connectivity index (χ1) is 10.6. The van der Waals surface area contributed by atoms with Crippen molar-refractivity contribution in [2.45, 2.75) is 23.8 Å². The molecule has 1 aliphatic rings. The molecule has 0 aliphatic carbocycles. The van der Waals surface area contributed by atoms with Crippen LogP contribution in [0, 0.1) is 0 Å². The van der Waals surface area contributed by atoms with E-state index in [1.54, 1.807) is 16.7 Å². The minimum absolute atomic E-state index is 0.109. The van der Waals surface area contributed by atoms with Crippen molar-refractivity contribution in [3.63, 3.8) is 0 Å². The lowest BCUT2D eigenvalue weighted by Crippen LogP contribution is -2.40. The molecule has 5 nitrogen and oxygen atoms in total. The summed E-state index contributed by atoms with van der Waals surface area (Å²) >= 11 is 1.60. The van der Waals surface area contributed by atoms with Crippen LogP contribution in [0.2, 0.25) is 0 Å². The number of nitrogens with one attached hydrogen (secondary N) is 1. The molecule has 0 saturated carbocycles. The number of carbonyl (C=O) groups is 2. The summed E-state index contributed by atoms with van der Waals surface area (Å²) in [6.45, 7) is 4.45. The standard InChI is InChI=1S/C16H20N2O3S/c1-2-10-22-14-8-4-3-6-12(14)17-15(19)11-18-9-5-7-13(18)16(20)21/h2-4,6,8,13H,1,5,7,9-11H2,(H,17,19)(H,20,21). The summed E-state index contributed by atoms with van der Waals surface area (Å²) in [7, 11) is 0. The van der Waals surface area contributed by atoms with Crippen LogP contribution in [0.3, 0.4) is 0 Å². The zero-order valence-corrected chi connectivity index (χ0v) is 13.1. The monoisotopic (exact) mass is 320 g/mol. The Morgan fingerprint density at radius 2 is 2.23 bits per heavy atom. The molecular weight excluding hydrogens is 300 g/mol. The van der Waals surface area contributed by atoms with Gasteiger partial charge in [0.1, 0.15) is 6.04 Å². The van der Waals surface area contributed by atoms with Gasteiger partial charge in [-0.1, -0.05) is 18.2 Å². The largest absolute Gasteiger partial charge is 0.480 e. The molecule has 1 aromatic rings. The van der Waals surface area contributed by atoms with Crippen molar-refractivity contribution < 1.29 is 14.7 Å². The van der Waals surface area contributed by atoms with Crippen LogP contribution in [0.5, 0.6) is 0 Å². The summed E-state index contributed by atoms with van der Waals surface area (Å²) in [6.07, 6.45) is 3.23. The maximum Gasteiger partial charge on any atom is 0.320 e. The molecule has 0 bridgehead atoms. The maximum atomic E-state index is 12.2. The third kappa shape index (κ3) is 4.35. The van der Waals surface area contributed by atoms with Crippen LogP contribution in [0.4, 0.5) is 5.69 Å². The Balaban J connectivity index is 1.97. The molecule has 1 aromatic carbocycles. The van der Waals surface area contributed by atoms with E-state index in [0.717, 1.165) is 22.8 Å². The molecule has 1 aliphatic heterocycles. The zero-order chi connectivity index (χ0) is 15.9. The van der Waals surface area contributed by atoms with Gasteiger partial charge in [-0.25, -0.2) is 0 Å². The first-order valence-electron chi connectivity index (χ1n) is 7.21. The molecule has 2 rings (SSSR count). The maximum absolute atomic E-state index is 12.2. The molecule has 22 heavy (non-hydrogen) atoms. The molecule has 1 saturated heterocycles. The van der Waals surface area contributed by atoms with Crippen molar-refractivity contribution in [1.82, 2.24) is 4.90 Å². The first-order valence-corrected chi connectivity index (χ1v) is 8.20. The minimum atomic E-state index is -0.854. The number of thioether (sulfide) groups is 1. The summed E-state index contributed by atoms with van der Waals surface area (Å²) < 4.78 is 0. The van der Waals surface area contributed by atoms with E-state index in [1.807, 2.05) is 30.3 Å². The number of aliphatic carboxylic acids is 1. The summed E-state index contributed by atoms with van der Waals surface area (Å²) in [4.78, 5) is 26.0. The summed E-state index contributed by atoms with van der Waals surface area (Å²) in [6, 6.07) is 7.03. The molecule has 6 heteroatoms. The summed E-state index contributed by atoms with van der Waals surface area (Å²) in [5.74, 6) is -0.271. The molecule has 118 valence electrons. The van der Waals surface area contributed by atoms with Gasteiger partial charge in [0.05, 0.1) is 12.2 Å². The Morgan fingerprint density at radius 3 is 2.95 bits per heavy atom. The van der Waals surface area contributed by atoms with Crippen molar-refractivity contribution in [2.24, 2.45) is 0 Å². The number of nitrogens with zero attached hydrogens (tertiary/aromatic N) is 1. The van der Waals surface area contributed by atoms with E-state index < -0.39 is 12.0 Å². The van der Waals surface area contributed by atoms with Gasteiger partial charge in [0.15, 0.2) is 0 Å². The Bertz CT molecular complexity index is 562. The van der Waals surface area contributed by atoms with E-state index in [4.69, 9.17) is 5.11 Å². The Hall–Kier alpha value is -1.79. The van der Waals surface area contributed by atoms with Crippen LogP contribution < -0.4 is 5.32 Å². The molecule has 0 spiro atoms. The second kappa shape index (κ2) is 8.00. The SMILES string of the molecule is C=CCSc1ccccc1NC(=O)CN1CCCC1C(=O)O. The van der Waals surface area contributed by atoms with Crippen LogP contribution in [-0.4, -0.2) is 46.8 Å². The molecule has 1 atom stereocenters. The van der Waals surface area contributed by atoms with Gasteiger partial charge in [-0.15, -0.1) is 18.3 Å². The fourth-order valence-electron chi connectivity index (χ4n) is 2.51. The van der Waals surface area contributed by atoms with Gasteiger partial charge in [-0.3, -0.25) is 14.5 Å². The van der Waals surface area contributed by atoms with Crippen LogP contribution in [0.1, 0.15) is 12.8 Å². The summed E-state index contributed by atoms with van der Waals surface area (Å²) in [5.41, 5.74) is 0.755. The topological polar surface area (TPSA) is 69.6 Å². The van der Waals surface area contributed by atoms with Gasteiger partial charge in [-0.2, -0.15) is 0 Å². The van der Waals surface area contributed by atoms with Gasteiger partial charge in [0, 0.05) is 10.6 Å². The van der Waals surface area contributed by atoms with Crippen LogP contribution in [0.15, 0.2) is 41.8 Å². The van der Waals surface area contributed by atoms with Crippen molar-refractivity contribution in [1.29, 1.82) is 0 Å². The zero-order valence-electron chi connectivity index (χ0n) is 12.3. The lowest BCUT2D eigenvalue weighted by atomic mass is 10.2. The van der Waals surface area contributed by atoms with Crippen molar-refractivity contribution in [2.75, 3.05) is 24.2 Å². The Kier molecular flexibility index (Phi) is 6.03. The highest BCUT2D eigenvalue weighted by Gasteiger charge is 2.31. The number of likely N-dealkylation sites (tertiary alicyclic amines) is 1. The van der Waals surface area contributed by atoms with Gasteiger partial charge >= 0.3 is 5.97 Å². The second-order valence-electron chi connectivity index (χ2n) is 5.11. The number of carboxylic acid groups (broad SMARTS) is 1. The van der Waals surface area contributed by atoms with Crippen molar-refractivity contribution in [3.8, 4) is 0 Å². The second-order valence-corrected chi connectivity index (χ2v) is 6.17. The van der Waals surface area contributed by atoms with Crippen LogP contribution in [-0.2, 0) is 9.59 Å². The van der Waals surface area contributed by atoms with E-state index in [0.29, 0.717) is 13.0 Å². The molecule has 1 amide bonds. The van der Waals surface area contributed by atoms with Gasteiger partial charge < -0.3 is 10.4 Å². The lowest BCUT2D eigenvalue weighted by molar-refractivity contribution is -0.142. The molecule has 0 radical (unpaired) electrons. The molecule has 1 fully saturated rings. The summed E-state index contributed by atoms with van der Waals surface area (Å²) in [5, 5.41) is 12.0. The van der Waals surface area contributed by atoms with Crippen molar-refractivity contribution in [3.05, 3.63) is 36.9 Å². The number of para-hydroxylation sites is 1. The molecule has 0 aromatic heterocycles. The number of anilines is 1. The lowest BCUT2D eigenvalue weighted by Gasteiger charge is -2.20. The number of benzene rings is 1. The number of amides is 1. The number of hydrogen-bond acceptors (Lipinski definition) is 4. The smallest absolute Gasteiger partial charge is 0.320 e. The third-order valence-electron chi connectivity index (χ3n) is 3.51. The molecule has 2 N–H and O–H groups in total. The normalized spacial score (nSPS) is 18.1. The Morgan fingerprint density at radius 1 is 1.45 bits per heavy atom. The minimum Gasteiger partial charge on any atom is -0.480 e. The predicted molar refractivity (Wildman–Crippen MR) is 88.2 cm³/mol. The van der Waals surface area contributed by atoms with Crippen LogP contribution in [0.25, 0.3) is 0 Å². The van der Waals surface area contributed by atoms with E-state index in [1.165, 1.54) is 0 Å². The molecular formula is C16H20N2O3S. The fraction of sp³-hybridized carbons (Fsp3) is 0.375. The van der Waals surface area contributed by atoms with Crippen molar-refractivity contribution >= 4 is 29.3 Å². The third-order valence-corrected chi connectivity index (χ3v) is 4.58. The number of carbonyl (C=O) groups excluding carboxylic acids is 1. The van der Waals surface area contributed by atoms with Crippen LogP contribution >= 0.6 is 11.8 Å². The Labute approximate surface area is 134 Å². The van der Waals surface area contributed by atoms with E-state index >= 15 is 0 Å². The van der Waals surface area contributed by atoms with E-state index in [9.17, 15) is 9.59 Å². The van der Waals surface area contributed by atoms with Gasteiger partial charge in [-0.05, 0) is 31.5 Å². The number of carboxylic acids is 1. The fourth-order valence-corrected chi connectivity index (χ4v) is 3.26. The van der Waals surface area contributed by atoms with Gasteiger partial charge in [0.25, 0.3) is 0 Å². The van der Waals surface area contributed by atoms with Gasteiger partial charge in [0.2, 0.25) is 5.91 Å². The first kappa shape index (κ1) is 16.6. The molecule has 1 heterocycles. The van der Waals surface area contributed by atoms with E-state index in [2.05, 4.69) is 11.9 Å². The molecule has 1 unspecified atom stereocenters. The predicted octanol–water partition coefficient (Wildman–Crippen LogP) is 2.45. The van der Waals surface area contributed by atoms with E-state index in [-0.39, 0.29) is 12.5 Å². The highest BCUT2D eigenvalue weighted by atomic mass is 32.2. The highest BCUT2D eigenvalue weighted by molar-refractivity contribution is 7.99. The average Bonchev–Trinajstić information content (AvgIpc) is 2.94. The highest BCUT2D eigenvalue weighted by Crippen LogP contribution is 2.27. The quantitative estimate of drug-likeness (QED) is 0.596. The number of hydrogen-bond donors (Lipinski definition) is 2. The average molecular weight is 320 g/mol.